The number of amides is 2. The number of anilines is 1. The van der Waals surface area contributed by atoms with Crippen molar-refractivity contribution in [1.82, 2.24) is 4.90 Å². The number of hydrogen-bond acceptors (Lipinski definition) is 6. The highest BCUT2D eigenvalue weighted by molar-refractivity contribution is 5.98. The van der Waals surface area contributed by atoms with Crippen LogP contribution in [0.2, 0.25) is 0 Å². The van der Waals surface area contributed by atoms with Crippen molar-refractivity contribution in [2.45, 2.75) is 20.8 Å². The predicted octanol–water partition coefficient (Wildman–Crippen LogP) is 3.76. The molecule has 8 heteroatoms. The van der Waals surface area contributed by atoms with Crippen LogP contribution in [-0.4, -0.2) is 56.2 Å². The fraction of sp³-hybridized carbons (Fsp3) is 0.360. The van der Waals surface area contributed by atoms with Crippen LogP contribution in [-0.2, 0) is 9.59 Å². The van der Waals surface area contributed by atoms with Crippen LogP contribution in [0.5, 0.6) is 23.0 Å². The number of likely N-dealkylation sites (N-methyl/N-ethyl adjacent to an activating group) is 1. The molecule has 0 spiro atoms. The van der Waals surface area contributed by atoms with E-state index >= 15 is 0 Å². The van der Waals surface area contributed by atoms with E-state index in [0.29, 0.717) is 61.7 Å². The summed E-state index contributed by atoms with van der Waals surface area (Å²) >= 11 is 0. The molecule has 0 saturated carbocycles. The summed E-state index contributed by atoms with van der Waals surface area (Å²) in [6.07, 6.45) is 3.15. The standard InChI is InChI=1S/C25H30N2O6/c1-4-27(17-24(28)26-19-9-11-21-23(16-19)33-14-13-32-21)25(29)12-8-18-7-10-20(30-5-2)22(15-18)31-6-3/h7-12,15-16H,4-6,13-14,17H2,1-3H3,(H,26,28)/b12-8+. The lowest BCUT2D eigenvalue weighted by Gasteiger charge is -2.20. The molecule has 0 saturated heterocycles. The van der Waals surface area contributed by atoms with Crippen molar-refractivity contribution in [1.29, 1.82) is 0 Å². The highest BCUT2D eigenvalue weighted by Crippen LogP contribution is 2.32. The number of ether oxygens (including phenoxy) is 4. The predicted molar refractivity (Wildman–Crippen MR) is 126 cm³/mol. The molecule has 0 radical (unpaired) electrons. The zero-order valence-electron chi connectivity index (χ0n) is 19.3. The van der Waals surface area contributed by atoms with Gasteiger partial charge in [-0.2, -0.15) is 0 Å². The SMILES string of the molecule is CCOc1ccc(/C=C/C(=O)N(CC)CC(=O)Nc2ccc3c(c2)OCCO3)cc1OCC. The van der Waals surface area contributed by atoms with Crippen LogP contribution in [0.3, 0.4) is 0 Å². The fourth-order valence-corrected chi connectivity index (χ4v) is 3.28. The Bertz CT molecular complexity index is 1000. The highest BCUT2D eigenvalue weighted by Gasteiger charge is 2.16. The van der Waals surface area contributed by atoms with E-state index in [2.05, 4.69) is 5.32 Å². The average Bonchev–Trinajstić information content (AvgIpc) is 2.82. The van der Waals surface area contributed by atoms with Gasteiger partial charge in [0.2, 0.25) is 11.8 Å². The lowest BCUT2D eigenvalue weighted by Crippen LogP contribution is -2.36. The van der Waals surface area contributed by atoms with E-state index in [1.54, 1.807) is 24.3 Å². The summed E-state index contributed by atoms with van der Waals surface area (Å²) in [7, 11) is 0. The normalized spacial score (nSPS) is 12.3. The number of hydrogen-bond donors (Lipinski definition) is 1. The quantitative estimate of drug-likeness (QED) is 0.550. The number of benzene rings is 2. The zero-order chi connectivity index (χ0) is 23.6. The third kappa shape index (κ3) is 6.65. The van der Waals surface area contributed by atoms with Crippen molar-refractivity contribution in [3.8, 4) is 23.0 Å². The van der Waals surface area contributed by atoms with E-state index in [0.717, 1.165) is 5.56 Å². The van der Waals surface area contributed by atoms with Crippen LogP contribution >= 0.6 is 0 Å². The lowest BCUT2D eigenvalue weighted by atomic mass is 10.2. The first-order valence-electron chi connectivity index (χ1n) is 11.1. The third-order valence-electron chi connectivity index (χ3n) is 4.84. The molecule has 1 heterocycles. The Morgan fingerprint density at radius 1 is 0.970 bits per heavy atom. The van der Waals surface area contributed by atoms with Gasteiger partial charge in [-0.3, -0.25) is 9.59 Å². The van der Waals surface area contributed by atoms with E-state index in [9.17, 15) is 9.59 Å². The number of fused-ring (bicyclic) bond motifs is 1. The van der Waals surface area contributed by atoms with Crippen molar-refractivity contribution in [3.63, 3.8) is 0 Å². The van der Waals surface area contributed by atoms with E-state index in [-0.39, 0.29) is 18.4 Å². The number of nitrogens with one attached hydrogen (secondary N) is 1. The first kappa shape index (κ1) is 24.0. The molecule has 1 aliphatic rings. The summed E-state index contributed by atoms with van der Waals surface area (Å²) in [6, 6.07) is 10.7. The fourth-order valence-electron chi connectivity index (χ4n) is 3.28. The minimum atomic E-state index is -0.296. The lowest BCUT2D eigenvalue weighted by molar-refractivity contribution is -0.130. The van der Waals surface area contributed by atoms with E-state index < -0.39 is 0 Å². The smallest absolute Gasteiger partial charge is 0.247 e. The number of carbonyl (C=O) groups excluding carboxylic acids is 2. The number of carbonyl (C=O) groups is 2. The van der Waals surface area contributed by atoms with Gasteiger partial charge in [0.15, 0.2) is 23.0 Å². The summed E-state index contributed by atoms with van der Waals surface area (Å²) in [5, 5.41) is 2.80. The van der Waals surface area contributed by atoms with Gasteiger partial charge in [-0.25, -0.2) is 0 Å². The molecule has 2 aromatic carbocycles. The average molecular weight is 455 g/mol. The maximum Gasteiger partial charge on any atom is 0.247 e. The van der Waals surface area contributed by atoms with Crippen LogP contribution in [0.1, 0.15) is 26.3 Å². The summed E-state index contributed by atoms with van der Waals surface area (Å²) in [4.78, 5) is 26.6. The molecule has 176 valence electrons. The Kier molecular flexibility index (Phi) is 8.57. The van der Waals surface area contributed by atoms with Crippen LogP contribution in [0, 0.1) is 0 Å². The Morgan fingerprint density at radius 2 is 1.70 bits per heavy atom. The third-order valence-corrected chi connectivity index (χ3v) is 4.84. The van der Waals surface area contributed by atoms with Gasteiger partial charge in [-0.05, 0) is 56.7 Å². The molecule has 3 rings (SSSR count). The number of rotatable bonds is 10. The molecule has 0 aliphatic carbocycles. The van der Waals surface area contributed by atoms with Crippen molar-refractivity contribution < 1.29 is 28.5 Å². The van der Waals surface area contributed by atoms with Crippen LogP contribution in [0.15, 0.2) is 42.5 Å². The molecule has 0 aromatic heterocycles. The molecule has 0 bridgehead atoms. The Labute approximate surface area is 194 Å². The second kappa shape index (κ2) is 11.8. The van der Waals surface area contributed by atoms with E-state index in [1.807, 2.05) is 39.0 Å². The first-order chi connectivity index (χ1) is 16.0. The van der Waals surface area contributed by atoms with Gasteiger partial charge in [0.25, 0.3) is 0 Å². The minimum absolute atomic E-state index is 0.0679. The molecule has 8 nitrogen and oxygen atoms in total. The van der Waals surface area contributed by atoms with Crippen molar-refractivity contribution in [3.05, 3.63) is 48.0 Å². The maximum absolute atomic E-state index is 12.7. The summed E-state index contributed by atoms with van der Waals surface area (Å²) < 4.78 is 22.2. The second-order valence-electron chi connectivity index (χ2n) is 7.16. The molecular weight excluding hydrogens is 424 g/mol. The van der Waals surface area contributed by atoms with Gasteiger partial charge in [-0.15, -0.1) is 0 Å². The molecular formula is C25H30N2O6. The number of nitrogens with zero attached hydrogens (tertiary/aromatic N) is 1. The van der Waals surface area contributed by atoms with Gasteiger partial charge < -0.3 is 29.2 Å². The van der Waals surface area contributed by atoms with Gasteiger partial charge in [0.1, 0.15) is 19.8 Å². The molecule has 2 aromatic rings. The second-order valence-corrected chi connectivity index (χ2v) is 7.16. The summed E-state index contributed by atoms with van der Waals surface area (Å²) in [5.74, 6) is 1.97. The summed E-state index contributed by atoms with van der Waals surface area (Å²) in [6.45, 7) is 7.98. The van der Waals surface area contributed by atoms with Crippen molar-refractivity contribution in [2.24, 2.45) is 0 Å². The van der Waals surface area contributed by atoms with E-state index in [1.165, 1.54) is 11.0 Å². The largest absolute Gasteiger partial charge is 0.490 e. The van der Waals surface area contributed by atoms with Crippen LogP contribution in [0.25, 0.3) is 6.08 Å². The zero-order valence-corrected chi connectivity index (χ0v) is 19.3. The summed E-state index contributed by atoms with van der Waals surface area (Å²) in [5.41, 5.74) is 1.38. The van der Waals surface area contributed by atoms with Crippen molar-refractivity contribution in [2.75, 3.05) is 44.8 Å². The molecule has 2 amide bonds. The van der Waals surface area contributed by atoms with Crippen molar-refractivity contribution >= 4 is 23.6 Å². The van der Waals surface area contributed by atoms with Crippen LogP contribution in [0.4, 0.5) is 5.69 Å². The molecule has 33 heavy (non-hydrogen) atoms. The molecule has 1 N–H and O–H groups in total. The van der Waals surface area contributed by atoms with Gasteiger partial charge in [0, 0.05) is 24.4 Å². The molecule has 0 unspecified atom stereocenters. The Hall–Kier alpha value is -3.68. The van der Waals surface area contributed by atoms with Gasteiger partial charge in [0.05, 0.1) is 13.2 Å². The van der Waals surface area contributed by atoms with Gasteiger partial charge >= 0.3 is 0 Å². The molecule has 0 atom stereocenters. The maximum atomic E-state index is 12.7. The Morgan fingerprint density at radius 3 is 2.42 bits per heavy atom. The molecule has 1 aliphatic heterocycles. The van der Waals surface area contributed by atoms with Crippen LogP contribution < -0.4 is 24.3 Å². The minimum Gasteiger partial charge on any atom is -0.490 e. The topological polar surface area (TPSA) is 86.3 Å². The van der Waals surface area contributed by atoms with E-state index in [4.69, 9.17) is 18.9 Å². The van der Waals surface area contributed by atoms with Gasteiger partial charge in [-0.1, -0.05) is 6.07 Å². The monoisotopic (exact) mass is 454 g/mol. The Balaban J connectivity index is 1.60. The highest BCUT2D eigenvalue weighted by atomic mass is 16.6. The molecule has 0 fully saturated rings. The first-order valence-corrected chi connectivity index (χ1v) is 11.1.